The summed E-state index contributed by atoms with van der Waals surface area (Å²) in [6, 6.07) is 6.91. The monoisotopic (exact) mass is 285 g/mol. The number of aromatic nitrogens is 2. The van der Waals surface area contributed by atoms with Gasteiger partial charge in [-0.15, -0.1) is 0 Å². The molecule has 3 rings (SSSR count). The molecule has 2 N–H and O–H groups in total. The molecule has 1 aliphatic carbocycles. The summed E-state index contributed by atoms with van der Waals surface area (Å²) in [4.78, 5) is 4.91. The molecule has 1 aromatic heterocycles. The van der Waals surface area contributed by atoms with Crippen LogP contribution in [0.25, 0.3) is 11.0 Å². The van der Waals surface area contributed by atoms with Crippen LogP contribution in [0.15, 0.2) is 18.2 Å². The zero-order valence-corrected chi connectivity index (χ0v) is 13.3. The third-order valence-electron chi connectivity index (χ3n) is 4.83. The molecule has 114 valence electrons. The van der Waals surface area contributed by atoms with Crippen molar-refractivity contribution < 1.29 is 0 Å². The Morgan fingerprint density at radius 2 is 2.05 bits per heavy atom. The largest absolute Gasteiger partial charge is 0.326 e. The van der Waals surface area contributed by atoms with E-state index in [1.807, 2.05) is 0 Å². The summed E-state index contributed by atoms with van der Waals surface area (Å²) >= 11 is 0. The Bertz CT molecular complexity index is 606. The highest BCUT2D eigenvalue weighted by Crippen LogP contribution is 2.30. The summed E-state index contributed by atoms with van der Waals surface area (Å²) < 4.78 is 2.41. The van der Waals surface area contributed by atoms with Gasteiger partial charge >= 0.3 is 0 Å². The number of hydrogen-bond donors (Lipinski definition) is 1. The number of imidazole rings is 1. The quantitative estimate of drug-likeness (QED) is 0.894. The van der Waals surface area contributed by atoms with Crippen LogP contribution < -0.4 is 5.73 Å². The highest BCUT2D eigenvalue weighted by molar-refractivity contribution is 5.77. The van der Waals surface area contributed by atoms with Crippen LogP contribution in [0.4, 0.5) is 0 Å². The summed E-state index contributed by atoms with van der Waals surface area (Å²) in [5, 5.41) is 0. The van der Waals surface area contributed by atoms with Crippen molar-refractivity contribution >= 4 is 11.0 Å². The number of aryl methyl sites for hydroxylation is 1. The fourth-order valence-corrected chi connectivity index (χ4v) is 3.71. The number of fused-ring (bicyclic) bond motifs is 1. The second kappa shape index (κ2) is 6.18. The highest BCUT2D eigenvalue weighted by atomic mass is 15.1. The fourth-order valence-electron chi connectivity index (χ4n) is 3.71. The van der Waals surface area contributed by atoms with Gasteiger partial charge in [-0.3, -0.25) is 0 Å². The molecule has 0 spiro atoms. The molecule has 21 heavy (non-hydrogen) atoms. The van der Waals surface area contributed by atoms with Crippen LogP contribution >= 0.6 is 0 Å². The van der Waals surface area contributed by atoms with E-state index in [9.17, 15) is 0 Å². The van der Waals surface area contributed by atoms with Gasteiger partial charge < -0.3 is 10.3 Å². The minimum Gasteiger partial charge on any atom is -0.326 e. The van der Waals surface area contributed by atoms with Crippen molar-refractivity contribution in [1.29, 1.82) is 0 Å². The average Bonchev–Trinajstić information content (AvgIpc) is 3.10. The van der Waals surface area contributed by atoms with Crippen LogP contribution in [-0.2, 0) is 13.0 Å². The lowest BCUT2D eigenvalue weighted by Crippen LogP contribution is -2.08. The van der Waals surface area contributed by atoms with Crippen molar-refractivity contribution in [2.45, 2.75) is 65.0 Å². The smallest absolute Gasteiger partial charge is 0.110 e. The molecular formula is C18H27N3. The van der Waals surface area contributed by atoms with E-state index < -0.39 is 0 Å². The molecule has 1 aliphatic rings. The van der Waals surface area contributed by atoms with Crippen LogP contribution in [0.2, 0.25) is 0 Å². The van der Waals surface area contributed by atoms with Gasteiger partial charge in [0.05, 0.1) is 11.0 Å². The maximum atomic E-state index is 5.75. The molecule has 0 unspecified atom stereocenters. The molecule has 0 atom stereocenters. The van der Waals surface area contributed by atoms with Crippen molar-refractivity contribution in [2.24, 2.45) is 11.7 Å². The Hall–Kier alpha value is -1.35. The van der Waals surface area contributed by atoms with Crippen molar-refractivity contribution in [1.82, 2.24) is 9.55 Å². The van der Waals surface area contributed by atoms with E-state index in [-0.39, 0.29) is 0 Å². The first-order valence-electron chi connectivity index (χ1n) is 8.39. The van der Waals surface area contributed by atoms with Crippen LogP contribution in [0.3, 0.4) is 0 Å². The molecular weight excluding hydrogens is 258 g/mol. The lowest BCUT2D eigenvalue weighted by atomic mass is 10.0. The molecule has 2 aromatic rings. The van der Waals surface area contributed by atoms with Crippen molar-refractivity contribution in [3.8, 4) is 0 Å². The first-order valence-corrected chi connectivity index (χ1v) is 8.39. The Morgan fingerprint density at radius 1 is 1.29 bits per heavy atom. The standard InChI is InChI=1S/C18H27N3/c1-13(2)21-17-9-7-15(12-19)11-16(17)20-18(21)10-8-14-5-3-4-6-14/h7,9,11,13-14H,3-6,8,10,12,19H2,1-2H3. The third-order valence-corrected chi connectivity index (χ3v) is 4.83. The van der Waals surface area contributed by atoms with Crippen molar-refractivity contribution in [3.63, 3.8) is 0 Å². The van der Waals surface area contributed by atoms with Gasteiger partial charge in [-0.05, 0) is 43.9 Å². The molecule has 3 nitrogen and oxygen atoms in total. The predicted molar refractivity (Wildman–Crippen MR) is 88.3 cm³/mol. The molecule has 1 fully saturated rings. The van der Waals surface area contributed by atoms with Crippen LogP contribution in [0.5, 0.6) is 0 Å². The summed E-state index contributed by atoms with van der Waals surface area (Å²) in [5.74, 6) is 2.17. The first kappa shape index (κ1) is 14.6. The molecule has 1 heterocycles. The normalized spacial score (nSPS) is 16.4. The maximum Gasteiger partial charge on any atom is 0.110 e. The van der Waals surface area contributed by atoms with Gasteiger partial charge in [-0.25, -0.2) is 4.98 Å². The van der Waals surface area contributed by atoms with E-state index in [1.54, 1.807) is 0 Å². The SMILES string of the molecule is CC(C)n1c(CCC2CCCC2)nc2cc(CN)ccc21. The van der Waals surface area contributed by atoms with Crippen molar-refractivity contribution in [2.75, 3.05) is 0 Å². The molecule has 3 heteroatoms. The summed E-state index contributed by atoms with van der Waals surface area (Å²) in [6.07, 6.45) is 8.07. The van der Waals surface area contributed by atoms with Gasteiger partial charge in [-0.2, -0.15) is 0 Å². The summed E-state index contributed by atoms with van der Waals surface area (Å²) in [7, 11) is 0. The first-order chi connectivity index (χ1) is 10.2. The van der Waals surface area contributed by atoms with E-state index in [4.69, 9.17) is 10.7 Å². The number of nitrogens with two attached hydrogens (primary N) is 1. The van der Waals surface area contributed by atoms with Crippen LogP contribution in [0, 0.1) is 5.92 Å². The molecule has 1 saturated carbocycles. The van der Waals surface area contributed by atoms with E-state index in [0.29, 0.717) is 12.6 Å². The second-order valence-corrected chi connectivity index (χ2v) is 6.71. The van der Waals surface area contributed by atoms with Crippen LogP contribution in [0.1, 0.15) is 63.4 Å². The lowest BCUT2D eigenvalue weighted by Gasteiger charge is -2.14. The number of hydrogen-bond acceptors (Lipinski definition) is 2. The summed E-state index contributed by atoms with van der Waals surface area (Å²) in [6.45, 7) is 5.08. The minimum atomic E-state index is 0.456. The zero-order chi connectivity index (χ0) is 14.8. The Morgan fingerprint density at radius 3 is 2.71 bits per heavy atom. The van der Waals surface area contributed by atoms with E-state index in [0.717, 1.165) is 17.9 Å². The number of rotatable bonds is 5. The molecule has 1 aromatic carbocycles. The van der Waals surface area contributed by atoms with E-state index >= 15 is 0 Å². The van der Waals surface area contributed by atoms with E-state index in [2.05, 4.69) is 36.6 Å². The fraction of sp³-hybridized carbons (Fsp3) is 0.611. The van der Waals surface area contributed by atoms with Gasteiger partial charge in [0.1, 0.15) is 5.82 Å². The average molecular weight is 285 g/mol. The zero-order valence-electron chi connectivity index (χ0n) is 13.3. The van der Waals surface area contributed by atoms with Gasteiger partial charge in [0.2, 0.25) is 0 Å². The maximum absolute atomic E-state index is 5.75. The lowest BCUT2D eigenvalue weighted by molar-refractivity contribution is 0.481. The van der Waals surface area contributed by atoms with E-state index in [1.165, 1.54) is 49.0 Å². The van der Waals surface area contributed by atoms with Crippen LogP contribution in [-0.4, -0.2) is 9.55 Å². The Labute approximate surface area is 127 Å². The molecule has 0 radical (unpaired) electrons. The molecule has 0 aliphatic heterocycles. The van der Waals surface area contributed by atoms with Gasteiger partial charge in [0.25, 0.3) is 0 Å². The molecule has 0 amide bonds. The third kappa shape index (κ3) is 2.98. The number of nitrogens with zero attached hydrogens (tertiary/aromatic N) is 2. The minimum absolute atomic E-state index is 0.456. The number of benzene rings is 1. The Balaban J connectivity index is 1.90. The van der Waals surface area contributed by atoms with Crippen molar-refractivity contribution in [3.05, 3.63) is 29.6 Å². The summed E-state index contributed by atoms with van der Waals surface area (Å²) in [5.41, 5.74) is 9.28. The highest BCUT2D eigenvalue weighted by Gasteiger charge is 2.18. The topological polar surface area (TPSA) is 43.8 Å². The van der Waals surface area contributed by atoms with Gasteiger partial charge in [0.15, 0.2) is 0 Å². The van der Waals surface area contributed by atoms with Gasteiger partial charge in [0, 0.05) is 19.0 Å². The molecule has 0 saturated heterocycles. The molecule has 0 bridgehead atoms. The van der Waals surface area contributed by atoms with Gasteiger partial charge in [-0.1, -0.05) is 31.7 Å². The predicted octanol–water partition coefficient (Wildman–Crippen LogP) is 4.20. The second-order valence-electron chi connectivity index (χ2n) is 6.71. The Kier molecular flexibility index (Phi) is 4.29.